The van der Waals surface area contributed by atoms with E-state index < -0.39 is 17.8 Å². The van der Waals surface area contributed by atoms with E-state index in [2.05, 4.69) is 10.3 Å². The topological polar surface area (TPSA) is 146 Å². The minimum absolute atomic E-state index is 0.0259. The molecule has 0 saturated heterocycles. The van der Waals surface area contributed by atoms with Gasteiger partial charge in [0.2, 0.25) is 0 Å². The zero-order valence-electron chi connectivity index (χ0n) is 16.7. The van der Waals surface area contributed by atoms with Crippen LogP contribution in [0.5, 0.6) is 0 Å². The number of ketones is 1. The number of nitrogens with zero attached hydrogens (tertiary/aromatic N) is 1. The zero-order valence-corrected chi connectivity index (χ0v) is 17.4. The third-order valence-corrected chi connectivity index (χ3v) is 4.96. The Morgan fingerprint density at radius 1 is 1.16 bits per heavy atom. The molecule has 2 aromatic carbocycles. The van der Waals surface area contributed by atoms with E-state index in [1.54, 1.807) is 25.1 Å². The fraction of sp³-hybridized carbons (Fsp3) is 0.136. The van der Waals surface area contributed by atoms with Crippen LogP contribution in [0.25, 0.3) is 10.9 Å². The first-order valence-corrected chi connectivity index (χ1v) is 9.55. The predicted octanol–water partition coefficient (Wildman–Crippen LogP) is 4.14. The number of nitrogens with two attached hydrogens (primary N) is 1. The largest absolute Gasteiger partial charge is 0.478 e. The van der Waals surface area contributed by atoms with E-state index in [-0.39, 0.29) is 27.6 Å². The smallest absolute Gasteiger partial charge is 0.335 e. The summed E-state index contributed by atoms with van der Waals surface area (Å²) < 4.78 is 0. The summed E-state index contributed by atoms with van der Waals surface area (Å²) in [5.41, 5.74) is 7.55. The average molecular weight is 439 g/mol. The SMILES string of the molecule is CC(=N)C(C(C)=O)c1ccc2c(Nc3cc(Cl)cc(C(=O)O)c3)c(C(N)=O)cnc2c1. The van der Waals surface area contributed by atoms with Gasteiger partial charge < -0.3 is 21.6 Å². The molecule has 0 fully saturated rings. The molecule has 158 valence electrons. The number of hydrogen-bond donors (Lipinski definition) is 4. The third-order valence-electron chi connectivity index (χ3n) is 4.75. The Bertz CT molecular complexity index is 1240. The lowest BCUT2D eigenvalue weighted by atomic mass is 9.90. The van der Waals surface area contributed by atoms with Gasteiger partial charge >= 0.3 is 5.97 Å². The molecule has 8 nitrogen and oxygen atoms in total. The maximum absolute atomic E-state index is 12.0. The van der Waals surface area contributed by atoms with Crippen LogP contribution in [-0.4, -0.2) is 33.5 Å². The molecule has 1 aromatic heterocycles. The molecule has 5 N–H and O–H groups in total. The Kier molecular flexibility index (Phi) is 6.03. The van der Waals surface area contributed by atoms with Gasteiger partial charge in [-0.25, -0.2) is 4.79 Å². The standard InChI is InChI=1S/C22H19ClN4O4/c1-10(24)19(11(2)28)12-3-4-16-18(7-12)26-9-17(21(25)29)20(16)27-15-6-13(22(30)31)5-14(23)8-15/h3-9,19,24H,1-2H3,(H2,25,29)(H,26,27)(H,30,31). The zero-order chi connectivity index (χ0) is 22.9. The molecule has 0 radical (unpaired) electrons. The molecule has 1 amide bonds. The van der Waals surface area contributed by atoms with Gasteiger partial charge in [0.1, 0.15) is 5.78 Å². The average Bonchev–Trinajstić information content (AvgIpc) is 2.66. The van der Waals surface area contributed by atoms with Crippen LogP contribution in [0.3, 0.4) is 0 Å². The Labute approximate surface area is 182 Å². The molecular formula is C22H19ClN4O4. The van der Waals surface area contributed by atoms with Crippen LogP contribution in [0.4, 0.5) is 11.4 Å². The molecule has 0 spiro atoms. The van der Waals surface area contributed by atoms with E-state index >= 15 is 0 Å². The van der Waals surface area contributed by atoms with E-state index in [1.165, 1.54) is 31.3 Å². The fourth-order valence-corrected chi connectivity index (χ4v) is 3.67. The summed E-state index contributed by atoms with van der Waals surface area (Å²) in [6.45, 7) is 2.98. The van der Waals surface area contributed by atoms with Crippen molar-refractivity contribution >= 4 is 57.3 Å². The second kappa shape index (κ2) is 8.53. The number of halogens is 1. The van der Waals surface area contributed by atoms with Crippen LogP contribution >= 0.6 is 11.6 Å². The highest BCUT2D eigenvalue weighted by atomic mass is 35.5. The number of rotatable bonds is 7. The summed E-state index contributed by atoms with van der Waals surface area (Å²) in [6.07, 6.45) is 1.31. The number of hydrogen-bond acceptors (Lipinski definition) is 6. The van der Waals surface area contributed by atoms with Crippen molar-refractivity contribution < 1.29 is 19.5 Å². The van der Waals surface area contributed by atoms with Crippen molar-refractivity contribution in [2.75, 3.05) is 5.32 Å². The monoisotopic (exact) mass is 438 g/mol. The molecule has 3 rings (SSSR count). The van der Waals surface area contributed by atoms with Crippen LogP contribution < -0.4 is 11.1 Å². The molecular weight excluding hydrogens is 420 g/mol. The minimum Gasteiger partial charge on any atom is -0.478 e. The maximum Gasteiger partial charge on any atom is 0.335 e. The second-order valence-corrected chi connectivity index (χ2v) is 7.51. The number of amides is 1. The lowest BCUT2D eigenvalue weighted by Crippen LogP contribution is -2.17. The van der Waals surface area contributed by atoms with Crippen molar-refractivity contribution in [2.24, 2.45) is 5.73 Å². The van der Waals surface area contributed by atoms with Gasteiger partial charge in [0.15, 0.2) is 0 Å². The number of carbonyl (C=O) groups excluding carboxylic acids is 2. The van der Waals surface area contributed by atoms with Crippen LogP contribution in [-0.2, 0) is 4.79 Å². The summed E-state index contributed by atoms with van der Waals surface area (Å²) >= 11 is 6.04. The lowest BCUT2D eigenvalue weighted by Gasteiger charge is -2.17. The highest BCUT2D eigenvalue weighted by Crippen LogP contribution is 2.32. The number of anilines is 2. The number of carbonyl (C=O) groups is 3. The van der Waals surface area contributed by atoms with Gasteiger partial charge in [-0.05, 0) is 43.7 Å². The van der Waals surface area contributed by atoms with Crippen molar-refractivity contribution in [1.29, 1.82) is 5.41 Å². The highest BCUT2D eigenvalue weighted by molar-refractivity contribution is 6.31. The van der Waals surface area contributed by atoms with Gasteiger partial charge in [-0.15, -0.1) is 0 Å². The van der Waals surface area contributed by atoms with Crippen molar-refractivity contribution in [3.63, 3.8) is 0 Å². The first-order chi connectivity index (χ1) is 14.6. The van der Waals surface area contributed by atoms with Crippen LogP contribution in [0.2, 0.25) is 5.02 Å². The van der Waals surface area contributed by atoms with Crippen molar-refractivity contribution in [3.05, 3.63) is 64.3 Å². The van der Waals surface area contributed by atoms with E-state index in [4.69, 9.17) is 22.7 Å². The Morgan fingerprint density at radius 2 is 1.87 bits per heavy atom. The predicted molar refractivity (Wildman–Crippen MR) is 119 cm³/mol. The van der Waals surface area contributed by atoms with E-state index in [9.17, 15) is 19.5 Å². The fourth-order valence-electron chi connectivity index (χ4n) is 3.43. The van der Waals surface area contributed by atoms with Crippen LogP contribution in [0, 0.1) is 5.41 Å². The number of nitrogens with one attached hydrogen (secondary N) is 2. The Hall–Kier alpha value is -3.78. The van der Waals surface area contributed by atoms with E-state index in [0.29, 0.717) is 27.8 Å². The van der Waals surface area contributed by atoms with Crippen molar-refractivity contribution in [3.8, 4) is 0 Å². The summed E-state index contributed by atoms with van der Waals surface area (Å²) in [7, 11) is 0. The molecule has 0 saturated carbocycles. The summed E-state index contributed by atoms with van der Waals surface area (Å²) in [6, 6.07) is 9.24. The molecule has 31 heavy (non-hydrogen) atoms. The molecule has 1 unspecified atom stereocenters. The van der Waals surface area contributed by atoms with Gasteiger partial charge in [0.05, 0.1) is 28.2 Å². The molecule has 9 heteroatoms. The van der Waals surface area contributed by atoms with Gasteiger partial charge in [0.25, 0.3) is 5.91 Å². The number of carboxylic acids is 1. The number of pyridine rings is 1. The van der Waals surface area contributed by atoms with Gasteiger partial charge in [-0.2, -0.15) is 0 Å². The second-order valence-electron chi connectivity index (χ2n) is 7.07. The van der Waals surface area contributed by atoms with E-state index in [1.807, 2.05) is 0 Å². The number of aromatic nitrogens is 1. The summed E-state index contributed by atoms with van der Waals surface area (Å²) in [4.78, 5) is 39.6. The minimum atomic E-state index is -1.15. The normalized spacial score (nSPS) is 11.7. The van der Waals surface area contributed by atoms with Gasteiger partial charge in [0, 0.05) is 28.0 Å². The Morgan fingerprint density at radius 3 is 2.45 bits per heavy atom. The third kappa shape index (κ3) is 4.54. The number of benzene rings is 2. The first-order valence-electron chi connectivity index (χ1n) is 9.17. The Balaban J connectivity index is 2.18. The number of fused-ring (bicyclic) bond motifs is 1. The number of primary amides is 1. The first kappa shape index (κ1) is 21.9. The molecule has 0 bridgehead atoms. The molecule has 1 heterocycles. The van der Waals surface area contributed by atoms with Gasteiger partial charge in [-0.1, -0.05) is 23.7 Å². The lowest BCUT2D eigenvalue weighted by molar-refractivity contribution is -0.117. The highest BCUT2D eigenvalue weighted by Gasteiger charge is 2.21. The van der Waals surface area contributed by atoms with Crippen molar-refractivity contribution in [2.45, 2.75) is 19.8 Å². The van der Waals surface area contributed by atoms with Crippen LogP contribution in [0.15, 0.2) is 42.6 Å². The van der Waals surface area contributed by atoms with Gasteiger partial charge in [-0.3, -0.25) is 14.6 Å². The summed E-state index contributed by atoms with van der Waals surface area (Å²) in [5.74, 6) is -2.73. The summed E-state index contributed by atoms with van der Waals surface area (Å²) in [5, 5.41) is 20.9. The molecule has 3 aromatic rings. The maximum atomic E-state index is 12.0. The molecule has 1 atom stereocenters. The van der Waals surface area contributed by atoms with Crippen molar-refractivity contribution in [1.82, 2.24) is 4.98 Å². The van der Waals surface area contributed by atoms with Crippen LogP contribution in [0.1, 0.15) is 46.0 Å². The number of Topliss-reactive ketones (excluding diaryl/α,β-unsaturated/α-hetero) is 1. The number of carboxylic acid groups (broad SMARTS) is 1. The molecule has 0 aliphatic heterocycles. The molecule has 0 aliphatic carbocycles. The quantitative estimate of drug-likeness (QED) is 0.407. The van der Waals surface area contributed by atoms with E-state index in [0.717, 1.165) is 0 Å². The molecule has 0 aliphatic rings. The number of aromatic carboxylic acids is 1.